The van der Waals surface area contributed by atoms with Crippen LogP contribution in [0.2, 0.25) is 0 Å². The zero-order chi connectivity index (χ0) is 22.9. The maximum absolute atomic E-state index is 13.4. The molecule has 5 rings (SSSR count). The molecule has 6 heteroatoms. The Kier molecular flexibility index (Phi) is 5.77. The number of thiophene rings is 1. The Morgan fingerprint density at radius 3 is 2.42 bits per heavy atom. The van der Waals surface area contributed by atoms with Gasteiger partial charge in [-0.25, -0.2) is 4.98 Å². The van der Waals surface area contributed by atoms with Crippen LogP contribution >= 0.6 is 11.3 Å². The molecule has 2 N–H and O–H groups in total. The number of pyridine rings is 1. The molecule has 1 amide bonds. The Balaban J connectivity index is 1.66. The lowest BCUT2D eigenvalue weighted by atomic mass is 9.98. The van der Waals surface area contributed by atoms with Crippen LogP contribution < -0.4 is 10.5 Å². The molecule has 0 atom stereocenters. The number of carbonyl (C=O) groups is 1. The van der Waals surface area contributed by atoms with Gasteiger partial charge in [0.15, 0.2) is 0 Å². The van der Waals surface area contributed by atoms with Crippen molar-refractivity contribution in [3.63, 3.8) is 0 Å². The average molecular weight is 458 g/mol. The van der Waals surface area contributed by atoms with E-state index in [2.05, 4.69) is 13.0 Å². The van der Waals surface area contributed by atoms with Gasteiger partial charge in [-0.05, 0) is 48.1 Å². The van der Waals surface area contributed by atoms with Crippen LogP contribution in [0.3, 0.4) is 0 Å². The van der Waals surface area contributed by atoms with Crippen LogP contribution in [0.1, 0.15) is 29.4 Å². The first-order chi connectivity index (χ1) is 16.0. The summed E-state index contributed by atoms with van der Waals surface area (Å²) in [5, 5.41) is 0.846. The molecule has 168 valence electrons. The summed E-state index contributed by atoms with van der Waals surface area (Å²) in [6.45, 7) is 3.80. The molecule has 2 aromatic heterocycles. The molecule has 1 saturated heterocycles. The fourth-order valence-corrected chi connectivity index (χ4v) is 5.48. The first-order valence-electron chi connectivity index (χ1n) is 11.3. The number of ether oxygens (including phenoxy) is 1. The lowest BCUT2D eigenvalue weighted by molar-refractivity contribution is 0.0703. The number of amides is 1. The molecule has 1 aliphatic heterocycles. The van der Waals surface area contributed by atoms with E-state index in [9.17, 15) is 4.79 Å². The Labute approximate surface area is 197 Å². The maximum Gasteiger partial charge on any atom is 0.266 e. The van der Waals surface area contributed by atoms with E-state index in [1.165, 1.54) is 11.3 Å². The summed E-state index contributed by atoms with van der Waals surface area (Å²) in [5.74, 6) is 1.47. The van der Waals surface area contributed by atoms with Crippen molar-refractivity contribution in [2.24, 2.45) is 5.92 Å². The fourth-order valence-electron chi connectivity index (χ4n) is 4.39. The Hall–Kier alpha value is -3.38. The van der Waals surface area contributed by atoms with Crippen molar-refractivity contribution >= 4 is 33.1 Å². The van der Waals surface area contributed by atoms with Crippen LogP contribution in [0, 0.1) is 5.92 Å². The van der Waals surface area contributed by atoms with E-state index in [0.29, 0.717) is 16.5 Å². The molecule has 33 heavy (non-hydrogen) atoms. The van der Waals surface area contributed by atoms with Crippen LogP contribution in [-0.2, 0) is 0 Å². The smallest absolute Gasteiger partial charge is 0.266 e. The van der Waals surface area contributed by atoms with Crippen LogP contribution in [-0.4, -0.2) is 36.0 Å². The molecule has 3 heterocycles. The molecule has 0 radical (unpaired) electrons. The number of carbonyl (C=O) groups excluding carboxylic acids is 1. The molecule has 5 nitrogen and oxygen atoms in total. The van der Waals surface area contributed by atoms with Gasteiger partial charge in [-0.15, -0.1) is 11.3 Å². The number of anilines is 1. The summed E-state index contributed by atoms with van der Waals surface area (Å²) in [5.41, 5.74) is 11.1. The summed E-state index contributed by atoms with van der Waals surface area (Å²) >= 11 is 1.40. The number of aromatic nitrogens is 1. The summed E-state index contributed by atoms with van der Waals surface area (Å²) in [7, 11) is 1.66. The van der Waals surface area contributed by atoms with Gasteiger partial charge in [0.05, 0.1) is 18.5 Å². The lowest BCUT2D eigenvalue weighted by Gasteiger charge is -2.30. The summed E-state index contributed by atoms with van der Waals surface area (Å²) in [4.78, 5) is 21.6. The van der Waals surface area contributed by atoms with Crippen molar-refractivity contribution in [2.75, 3.05) is 25.9 Å². The van der Waals surface area contributed by atoms with Crippen molar-refractivity contribution in [3.8, 4) is 28.1 Å². The number of nitrogens with two attached hydrogens (primary N) is 1. The minimum absolute atomic E-state index is 0.0179. The molecule has 0 saturated carbocycles. The fraction of sp³-hybridized carbons (Fsp3) is 0.259. The number of hydrogen-bond acceptors (Lipinski definition) is 5. The topological polar surface area (TPSA) is 68.5 Å². The molecule has 1 aliphatic rings. The van der Waals surface area contributed by atoms with Crippen LogP contribution in [0.15, 0.2) is 60.7 Å². The van der Waals surface area contributed by atoms with Crippen molar-refractivity contribution in [1.82, 2.24) is 9.88 Å². The number of piperidine rings is 1. The number of fused-ring (bicyclic) bond motifs is 1. The van der Waals surface area contributed by atoms with Gasteiger partial charge in [0.2, 0.25) is 0 Å². The SMILES string of the molecule is COc1ccc(-c2cc(-c3ccccc3)nc3sc(C(=O)N4CCC(C)CC4)c(N)c23)cc1. The van der Waals surface area contributed by atoms with E-state index in [1.807, 2.05) is 59.5 Å². The highest BCUT2D eigenvalue weighted by atomic mass is 32.1. The molecule has 0 bridgehead atoms. The van der Waals surface area contributed by atoms with E-state index in [1.54, 1.807) is 7.11 Å². The van der Waals surface area contributed by atoms with Crippen molar-refractivity contribution < 1.29 is 9.53 Å². The summed E-state index contributed by atoms with van der Waals surface area (Å²) < 4.78 is 5.33. The average Bonchev–Trinajstić information content (AvgIpc) is 3.20. The second-order valence-corrected chi connectivity index (χ2v) is 9.65. The molecular weight excluding hydrogens is 430 g/mol. The first kappa shape index (κ1) is 21.5. The molecular formula is C27H27N3O2S. The second-order valence-electron chi connectivity index (χ2n) is 8.65. The lowest BCUT2D eigenvalue weighted by Crippen LogP contribution is -2.37. The van der Waals surface area contributed by atoms with E-state index < -0.39 is 0 Å². The Morgan fingerprint density at radius 2 is 1.76 bits per heavy atom. The number of hydrogen-bond donors (Lipinski definition) is 1. The number of methoxy groups -OCH3 is 1. The minimum atomic E-state index is 0.0179. The third kappa shape index (κ3) is 4.07. The number of nitrogen functional groups attached to an aromatic ring is 1. The highest BCUT2D eigenvalue weighted by Crippen LogP contribution is 2.42. The van der Waals surface area contributed by atoms with Crippen LogP contribution in [0.4, 0.5) is 5.69 Å². The van der Waals surface area contributed by atoms with Crippen molar-refractivity contribution in [2.45, 2.75) is 19.8 Å². The number of likely N-dealkylation sites (tertiary alicyclic amines) is 1. The highest BCUT2D eigenvalue weighted by Gasteiger charge is 2.27. The van der Waals surface area contributed by atoms with E-state index >= 15 is 0 Å². The molecule has 4 aromatic rings. The second kappa shape index (κ2) is 8.87. The zero-order valence-electron chi connectivity index (χ0n) is 18.9. The van der Waals surface area contributed by atoms with Gasteiger partial charge in [0.25, 0.3) is 5.91 Å². The highest BCUT2D eigenvalue weighted by molar-refractivity contribution is 7.21. The predicted octanol–water partition coefficient (Wildman–Crippen LogP) is 6.09. The standard InChI is InChI=1S/C27H27N3O2S/c1-17-12-14-30(15-13-17)27(31)25-24(28)23-21(18-8-10-20(32-2)11-9-18)16-22(29-26(23)33-25)19-6-4-3-5-7-19/h3-11,16-17H,12-15,28H2,1-2H3. The Morgan fingerprint density at radius 1 is 1.06 bits per heavy atom. The van der Waals surface area contributed by atoms with Gasteiger partial charge >= 0.3 is 0 Å². The third-order valence-corrected chi connectivity index (χ3v) is 7.52. The van der Waals surface area contributed by atoms with Gasteiger partial charge in [-0.2, -0.15) is 0 Å². The minimum Gasteiger partial charge on any atom is -0.497 e. The number of rotatable bonds is 4. The van der Waals surface area contributed by atoms with Crippen molar-refractivity contribution in [1.29, 1.82) is 0 Å². The summed E-state index contributed by atoms with van der Waals surface area (Å²) in [6.07, 6.45) is 2.06. The molecule has 0 unspecified atom stereocenters. The van der Waals surface area contributed by atoms with E-state index in [0.717, 1.165) is 64.3 Å². The zero-order valence-corrected chi connectivity index (χ0v) is 19.7. The predicted molar refractivity (Wildman–Crippen MR) is 136 cm³/mol. The van der Waals surface area contributed by atoms with Gasteiger partial charge in [-0.3, -0.25) is 4.79 Å². The van der Waals surface area contributed by atoms with Crippen LogP contribution in [0.5, 0.6) is 5.75 Å². The van der Waals surface area contributed by atoms with Gasteiger partial charge in [-0.1, -0.05) is 49.4 Å². The maximum atomic E-state index is 13.4. The van der Waals surface area contributed by atoms with Gasteiger partial charge in [0, 0.05) is 24.0 Å². The largest absolute Gasteiger partial charge is 0.497 e. The number of nitrogens with zero attached hydrogens (tertiary/aromatic N) is 2. The monoisotopic (exact) mass is 457 g/mol. The third-order valence-electron chi connectivity index (χ3n) is 6.43. The Bertz CT molecular complexity index is 1290. The van der Waals surface area contributed by atoms with Crippen LogP contribution in [0.25, 0.3) is 32.6 Å². The number of benzene rings is 2. The molecule has 0 aliphatic carbocycles. The molecule has 2 aromatic carbocycles. The van der Waals surface area contributed by atoms with Gasteiger partial charge < -0.3 is 15.4 Å². The quantitative estimate of drug-likeness (QED) is 0.402. The normalized spacial score (nSPS) is 14.5. The summed E-state index contributed by atoms with van der Waals surface area (Å²) in [6, 6.07) is 20.1. The molecule has 0 spiro atoms. The van der Waals surface area contributed by atoms with Gasteiger partial charge in [0.1, 0.15) is 15.5 Å². The van der Waals surface area contributed by atoms with E-state index in [4.69, 9.17) is 15.5 Å². The molecule has 1 fully saturated rings. The van der Waals surface area contributed by atoms with Crippen molar-refractivity contribution in [3.05, 3.63) is 65.5 Å². The first-order valence-corrected chi connectivity index (χ1v) is 12.1. The van der Waals surface area contributed by atoms with E-state index in [-0.39, 0.29) is 5.91 Å².